The van der Waals surface area contributed by atoms with Gasteiger partial charge in [0.15, 0.2) is 5.96 Å². The van der Waals surface area contributed by atoms with Gasteiger partial charge in [-0.2, -0.15) is 0 Å². The Hall–Kier alpha value is -0.730. The third-order valence-electron chi connectivity index (χ3n) is 1.07. The van der Waals surface area contributed by atoms with Gasteiger partial charge in [0.25, 0.3) is 0 Å². The van der Waals surface area contributed by atoms with Crippen LogP contribution in [0.2, 0.25) is 0 Å². The molecule has 0 aliphatic carbocycles. The largest absolute Gasteiger partial charge is 0.354 e. The first-order valence-corrected chi connectivity index (χ1v) is 4.06. The summed E-state index contributed by atoms with van der Waals surface area (Å²) in [4.78, 5) is 4.06. The third-order valence-corrected chi connectivity index (χ3v) is 1.07. The number of aliphatic imine (C=N–C) groups is 1. The Labute approximate surface area is 69.3 Å². The summed E-state index contributed by atoms with van der Waals surface area (Å²) in [6, 6.07) is 0.861. The SMILES string of the molecule is CN=C(NC(C)C)NC(C)C. The van der Waals surface area contributed by atoms with Gasteiger partial charge in [0.1, 0.15) is 0 Å². The van der Waals surface area contributed by atoms with E-state index in [-0.39, 0.29) is 0 Å². The number of nitrogens with one attached hydrogen (secondary N) is 2. The van der Waals surface area contributed by atoms with E-state index in [4.69, 9.17) is 0 Å². The summed E-state index contributed by atoms with van der Waals surface area (Å²) in [7, 11) is 1.78. The van der Waals surface area contributed by atoms with Crippen molar-refractivity contribution in [2.75, 3.05) is 7.05 Å². The number of hydrogen-bond donors (Lipinski definition) is 2. The zero-order chi connectivity index (χ0) is 8.85. The molecule has 0 aliphatic rings. The smallest absolute Gasteiger partial charge is 0.191 e. The highest BCUT2D eigenvalue weighted by Crippen LogP contribution is 1.80. The maximum absolute atomic E-state index is 4.06. The van der Waals surface area contributed by atoms with E-state index >= 15 is 0 Å². The van der Waals surface area contributed by atoms with Gasteiger partial charge in [-0.1, -0.05) is 0 Å². The fourth-order valence-electron chi connectivity index (χ4n) is 0.718. The summed E-state index contributed by atoms with van der Waals surface area (Å²) < 4.78 is 0. The monoisotopic (exact) mass is 157 g/mol. The summed E-state index contributed by atoms with van der Waals surface area (Å²) >= 11 is 0. The summed E-state index contributed by atoms with van der Waals surface area (Å²) in [5, 5.41) is 6.40. The van der Waals surface area contributed by atoms with Crippen LogP contribution in [-0.4, -0.2) is 25.1 Å². The van der Waals surface area contributed by atoms with Crippen molar-refractivity contribution in [2.45, 2.75) is 39.8 Å². The minimum atomic E-state index is 0.431. The van der Waals surface area contributed by atoms with E-state index in [1.807, 2.05) is 0 Å². The van der Waals surface area contributed by atoms with Gasteiger partial charge in [-0.3, -0.25) is 4.99 Å². The molecule has 11 heavy (non-hydrogen) atoms. The van der Waals surface area contributed by atoms with Crippen LogP contribution in [0.3, 0.4) is 0 Å². The molecule has 0 rings (SSSR count). The summed E-state index contributed by atoms with van der Waals surface area (Å²) in [5.74, 6) is 0.870. The molecule has 0 aromatic rings. The van der Waals surface area contributed by atoms with E-state index in [0.29, 0.717) is 12.1 Å². The second-order valence-electron chi connectivity index (χ2n) is 3.17. The lowest BCUT2D eigenvalue weighted by molar-refractivity contribution is 0.659. The van der Waals surface area contributed by atoms with Crippen LogP contribution in [0.25, 0.3) is 0 Å². The van der Waals surface area contributed by atoms with Crippen LogP contribution < -0.4 is 10.6 Å². The zero-order valence-corrected chi connectivity index (χ0v) is 8.10. The van der Waals surface area contributed by atoms with Crippen molar-refractivity contribution in [1.29, 1.82) is 0 Å². The predicted octanol–water partition coefficient (Wildman–Crippen LogP) is 0.968. The van der Waals surface area contributed by atoms with Crippen molar-refractivity contribution in [3.8, 4) is 0 Å². The summed E-state index contributed by atoms with van der Waals surface area (Å²) in [6.45, 7) is 8.36. The van der Waals surface area contributed by atoms with Crippen LogP contribution in [0.15, 0.2) is 4.99 Å². The Balaban J connectivity index is 3.79. The maximum Gasteiger partial charge on any atom is 0.191 e. The van der Waals surface area contributed by atoms with Crippen LogP contribution in [0, 0.1) is 0 Å². The van der Waals surface area contributed by atoms with Gasteiger partial charge >= 0.3 is 0 Å². The number of hydrogen-bond acceptors (Lipinski definition) is 1. The van der Waals surface area contributed by atoms with Crippen LogP contribution >= 0.6 is 0 Å². The molecule has 3 heteroatoms. The van der Waals surface area contributed by atoms with E-state index in [9.17, 15) is 0 Å². The Morgan fingerprint density at radius 2 is 1.36 bits per heavy atom. The molecule has 0 unspecified atom stereocenters. The maximum atomic E-state index is 4.06. The van der Waals surface area contributed by atoms with Crippen molar-refractivity contribution < 1.29 is 0 Å². The number of guanidine groups is 1. The lowest BCUT2D eigenvalue weighted by atomic mass is 10.4. The minimum Gasteiger partial charge on any atom is -0.354 e. The molecule has 0 aromatic carbocycles. The molecule has 0 spiro atoms. The van der Waals surface area contributed by atoms with Crippen LogP contribution in [0.5, 0.6) is 0 Å². The molecule has 0 fully saturated rings. The van der Waals surface area contributed by atoms with Crippen molar-refractivity contribution in [2.24, 2.45) is 4.99 Å². The average molecular weight is 157 g/mol. The fourth-order valence-corrected chi connectivity index (χ4v) is 0.718. The molecule has 0 aromatic heterocycles. The normalized spacial score (nSPS) is 10.1. The van der Waals surface area contributed by atoms with Gasteiger partial charge in [0.05, 0.1) is 0 Å². The van der Waals surface area contributed by atoms with Crippen molar-refractivity contribution >= 4 is 5.96 Å². The molecule has 0 aliphatic heterocycles. The topological polar surface area (TPSA) is 36.4 Å². The molecule has 0 radical (unpaired) electrons. The molecule has 0 heterocycles. The van der Waals surface area contributed by atoms with E-state index < -0.39 is 0 Å². The van der Waals surface area contributed by atoms with Crippen LogP contribution in [0.1, 0.15) is 27.7 Å². The molecule has 0 saturated carbocycles. The minimum absolute atomic E-state index is 0.431. The summed E-state index contributed by atoms with van der Waals surface area (Å²) in [6.07, 6.45) is 0. The van der Waals surface area contributed by atoms with Crippen LogP contribution in [-0.2, 0) is 0 Å². The lowest BCUT2D eigenvalue weighted by Crippen LogP contribution is -2.43. The van der Waals surface area contributed by atoms with Gasteiger partial charge in [0.2, 0.25) is 0 Å². The third kappa shape index (κ3) is 5.70. The predicted molar refractivity (Wildman–Crippen MR) is 49.9 cm³/mol. The highest BCUT2D eigenvalue weighted by atomic mass is 15.2. The highest BCUT2D eigenvalue weighted by molar-refractivity contribution is 5.80. The Bertz CT molecular complexity index is 115. The quantitative estimate of drug-likeness (QED) is 0.463. The zero-order valence-electron chi connectivity index (χ0n) is 8.10. The summed E-state index contributed by atoms with van der Waals surface area (Å²) in [5.41, 5.74) is 0. The Kier molecular flexibility index (Phi) is 4.66. The molecule has 66 valence electrons. The van der Waals surface area contributed by atoms with Gasteiger partial charge in [-0.05, 0) is 27.7 Å². The van der Waals surface area contributed by atoms with Gasteiger partial charge < -0.3 is 10.6 Å². The molecular formula is C8H19N3. The molecule has 0 bridgehead atoms. The van der Waals surface area contributed by atoms with E-state index in [0.717, 1.165) is 5.96 Å². The molecule has 0 saturated heterocycles. The first kappa shape index (κ1) is 10.3. The number of nitrogens with zero attached hydrogens (tertiary/aromatic N) is 1. The van der Waals surface area contributed by atoms with Gasteiger partial charge in [-0.15, -0.1) is 0 Å². The van der Waals surface area contributed by atoms with Crippen LogP contribution in [0.4, 0.5) is 0 Å². The van der Waals surface area contributed by atoms with E-state index in [1.54, 1.807) is 7.05 Å². The van der Waals surface area contributed by atoms with Crippen molar-refractivity contribution in [1.82, 2.24) is 10.6 Å². The van der Waals surface area contributed by atoms with Gasteiger partial charge in [-0.25, -0.2) is 0 Å². The molecule has 0 amide bonds. The van der Waals surface area contributed by atoms with E-state index in [1.165, 1.54) is 0 Å². The molecular weight excluding hydrogens is 138 g/mol. The van der Waals surface area contributed by atoms with Gasteiger partial charge in [0, 0.05) is 19.1 Å². The first-order valence-electron chi connectivity index (χ1n) is 4.06. The Morgan fingerprint density at radius 1 is 1.00 bits per heavy atom. The molecule has 0 atom stereocenters. The van der Waals surface area contributed by atoms with Crippen molar-refractivity contribution in [3.63, 3.8) is 0 Å². The lowest BCUT2D eigenvalue weighted by Gasteiger charge is -2.16. The van der Waals surface area contributed by atoms with E-state index in [2.05, 4.69) is 43.3 Å². The fraction of sp³-hybridized carbons (Fsp3) is 0.875. The Morgan fingerprint density at radius 3 is 1.55 bits per heavy atom. The standard InChI is InChI=1S/C8H19N3/c1-6(2)10-8(9-5)11-7(3)4/h6-7H,1-5H3,(H2,9,10,11). The second-order valence-corrected chi connectivity index (χ2v) is 3.17. The first-order chi connectivity index (χ1) is 5.06. The second kappa shape index (κ2) is 4.99. The molecule has 2 N–H and O–H groups in total. The molecule has 3 nitrogen and oxygen atoms in total. The van der Waals surface area contributed by atoms with Crippen molar-refractivity contribution in [3.05, 3.63) is 0 Å². The number of rotatable bonds is 2. The highest BCUT2D eigenvalue weighted by Gasteiger charge is 1.99. The average Bonchev–Trinajstić information content (AvgIpc) is 1.84.